The van der Waals surface area contributed by atoms with Crippen LogP contribution in [0.5, 0.6) is 0 Å². The molecule has 0 radical (unpaired) electrons. The summed E-state index contributed by atoms with van der Waals surface area (Å²) in [6.07, 6.45) is 2.78. The number of benzene rings is 1. The molecule has 0 spiro atoms. The smallest absolute Gasteiger partial charge is 0.111 e. The van der Waals surface area contributed by atoms with Gasteiger partial charge in [-0.25, -0.2) is 0 Å². The summed E-state index contributed by atoms with van der Waals surface area (Å²) < 4.78 is 5.68. The molecule has 1 aromatic carbocycles. The minimum atomic E-state index is 0.300. The fourth-order valence-electron chi connectivity index (χ4n) is 2.84. The van der Waals surface area contributed by atoms with E-state index in [2.05, 4.69) is 67.0 Å². The van der Waals surface area contributed by atoms with Gasteiger partial charge < -0.3 is 9.73 Å². The summed E-state index contributed by atoms with van der Waals surface area (Å²) in [4.78, 5) is 1.38. The lowest BCUT2D eigenvalue weighted by atomic mass is 9.92. The highest BCUT2D eigenvalue weighted by atomic mass is 32.1. The van der Waals surface area contributed by atoms with Crippen molar-refractivity contribution in [2.24, 2.45) is 0 Å². The molecule has 0 bridgehead atoms. The van der Waals surface area contributed by atoms with E-state index in [9.17, 15) is 0 Å². The highest BCUT2D eigenvalue weighted by molar-refractivity contribution is 7.10. The summed E-state index contributed by atoms with van der Waals surface area (Å²) >= 11 is 1.80. The minimum absolute atomic E-state index is 0.300. The third-order valence-corrected chi connectivity index (χ3v) is 5.27. The first-order valence-corrected chi connectivity index (χ1v) is 8.99. The van der Waals surface area contributed by atoms with Crippen molar-refractivity contribution in [1.82, 2.24) is 5.32 Å². The number of hydrogen-bond donors (Lipinski definition) is 1. The van der Waals surface area contributed by atoms with Gasteiger partial charge >= 0.3 is 0 Å². The van der Waals surface area contributed by atoms with E-state index in [4.69, 9.17) is 4.42 Å². The maximum atomic E-state index is 5.68. The van der Waals surface area contributed by atoms with Crippen molar-refractivity contribution in [2.45, 2.75) is 32.2 Å². The molecule has 0 amide bonds. The average Bonchev–Trinajstić information content (AvgIpc) is 3.26. The Morgan fingerprint density at radius 2 is 1.91 bits per heavy atom. The average molecular weight is 325 g/mol. The Bertz CT molecular complexity index is 686. The van der Waals surface area contributed by atoms with Crippen molar-refractivity contribution in [1.29, 1.82) is 0 Å². The molecule has 3 rings (SSSR count). The van der Waals surface area contributed by atoms with Crippen molar-refractivity contribution in [3.63, 3.8) is 0 Å². The summed E-state index contributed by atoms with van der Waals surface area (Å²) in [5, 5.41) is 5.76. The molecule has 2 nitrogen and oxygen atoms in total. The molecule has 1 N–H and O–H groups in total. The Labute approximate surface area is 142 Å². The van der Waals surface area contributed by atoms with Gasteiger partial charge in [0.25, 0.3) is 0 Å². The molecule has 0 aliphatic carbocycles. The van der Waals surface area contributed by atoms with E-state index in [0.717, 1.165) is 18.7 Å². The molecule has 0 unspecified atom stereocenters. The molecule has 2 aromatic heterocycles. The van der Waals surface area contributed by atoms with E-state index < -0.39 is 0 Å². The molecule has 2 atom stereocenters. The summed E-state index contributed by atoms with van der Waals surface area (Å²) in [5.74, 6) is 1.34. The van der Waals surface area contributed by atoms with Crippen LogP contribution in [0.25, 0.3) is 0 Å². The van der Waals surface area contributed by atoms with Gasteiger partial charge in [0.2, 0.25) is 0 Å². The molecule has 0 aliphatic rings. The molecule has 3 aromatic rings. The van der Waals surface area contributed by atoms with Crippen LogP contribution < -0.4 is 5.32 Å². The zero-order valence-corrected chi connectivity index (χ0v) is 14.5. The van der Waals surface area contributed by atoms with E-state index in [-0.39, 0.29) is 0 Å². The molecule has 0 fully saturated rings. The van der Waals surface area contributed by atoms with E-state index in [0.29, 0.717) is 12.0 Å². The zero-order chi connectivity index (χ0) is 16.1. The van der Waals surface area contributed by atoms with Gasteiger partial charge in [0.05, 0.1) is 6.26 Å². The predicted molar refractivity (Wildman–Crippen MR) is 97.1 cm³/mol. The molecule has 2 heterocycles. The molecular formula is C20H23NOS. The molecule has 23 heavy (non-hydrogen) atoms. The summed E-state index contributed by atoms with van der Waals surface area (Å²) in [6, 6.07) is 17.5. The standard InChI is InChI=1S/C20H23NOS/c1-15-7-9-17(10-8-15)18(19-5-3-13-22-19)11-12-21-16(2)20-6-4-14-23-20/h3-10,13-14,16,18,21H,11-12H2,1-2H3/t16-,18-/m1/s1. The van der Waals surface area contributed by atoms with Crippen LogP contribution in [0.4, 0.5) is 0 Å². The first-order valence-electron chi connectivity index (χ1n) is 8.11. The SMILES string of the molecule is Cc1ccc([C@@H](CCN[C@H](C)c2cccs2)c2ccco2)cc1. The Balaban J connectivity index is 1.66. The van der Waals surface area contributed by atoms with Crippen LogP contribution in [-0.4, -0.2) is 6.54 Å². The fourth-order valence-corrected chi connectivity index (χ4v) is 3.60. The van der Waals surface area contributed by atoms with Crippen LogP contribution in [0, 0.1) is 6.92 Å². The monoisotopic (exact) mass is 325 g/mol. The largest absolute Gasteiger partial charge is 0.469 e. The van der Waals surface area contributed by atoms with Crippen LogP contribution in [-0.2, 0) is 0 Å². The lowest BCUT2D eigenvalue weighted by Gasteiger charge is -2.18. The second kappa shape index (κ2) is 7.62. The molecule has 0 aliphatic heterocycles. The maximum Gasteiger partial charge on any atom is 0.111 e. The highest BCUT2D eigenvalue weighted by Crippen LogP contribution is 2.29. The van der Waals surface area contributed by atoms with Crippen LogP contribution in [0.3, 0.4) is 0 Å². The lowest BCUT2D eigenvalue weighted by Crippen LogP contribution is -2.21. The summed E-state index contributed by atoms with van der Waals surface area (Å²) in [5.41, 5.74) is 2.60. The van der Waals surface area contributed by atoms with Crippen LogP contribution in [0.2, 0.25) is 0 Å². The molecular weight excluding hydrogens is 302 g/mol. The number of rotatable bonds is 7. The second-order valence-electron chi connectivity index (χ2n) is 5.96. The molecule has 0 saturated heterocycles. The van der Waals surface area contributed by atoms with Crippen molar-refractivity contribution in [3.05, 3.63) is 81.9 Å². The van der Waals surface area contributed by atoms with Gasteiger partial charge in [-0.05, 0) is 56.0 Å². The van der Waals surface area contributed by atoms with Gasteiger partial charge in [0, 0.05) is 16.8 Å². The van der Waals surface area contributed by atoms with E-state index in [1.807, 2.05) is 6.07 Å². The van der Waals surface area contributed by atoms with Gasteiger partial charge in [-0.1, -0.05) is 35.9 Å². The minimum Gasteiger partial charge on any atom is -0.469 e. The zero-order valence-electron chi connectivity index (χ0n) is 13.7. The maximum absolute atomic E-state index is 5.68. The van der Waals surface area contributed by atoms with Crippen LogP contribution >= 0.6 is 11.3 Å². The van der Waals surface area contributed by atoms with Gasteiger partial charge in [-0.3, -0.25) is 0 Å². The van der Waals surface area contributed by atoms with Crippen molar-refractivity contribution < 1.29 is 4.42 Å². The summed E-state index contributed by atoms with van der Waals surface area (Å²) in [6.45, 7) is 5.30. The number of aryl methyl sites for hydroxylation is 1. The second-order valence-corrected chi connectivity index (χ2v) is 6.94. The van der Waals surface area contributed by atoms with Crippen LogP contribution in [0.15, 0.2) is 64.6 Å². The number of nitrogens with one attached hydrogen (secondary N) is 1. The third-order valence-electron chi connectivity index (χ3n) is 4.22. The topological polar surface area (TPSA) is 25.2 Å². The quantitative estimate of drug-likeness (QED) is 0.618. The Kier molecular flexibility index (Phi) is 5.31. The van der Waals surface area contributed by atoms with Crippen molar-refractivity contribution in [2.75, 3.05) is 6.54 Å². The number of thiophene rings is 1. The highest BCUT2D eigenvalue weighted by Gasteiger charge is 2.17. The normalized spacial score (nSPS) is 13.8. The molecule has 0 saturated carbocycles. The first-order chi connectivity index (χ1) is 11.2. The van der Waals surface area contributed by atoms with Gasteiger partial charge in [-0.15, -0.1) is 11.3 Å². The Morgan fingerprint density at radius 1 is 1.09 bits per heavy atom. The molecule has 3 heteroatoms. The fraction of sp³-hybridized carbons (Fsp3) is 0.300. The Morgan fingerprint density at radius 3 is 2.57 bits per heavy atom. The van der Waals surface area contributed by atoms with Crippen LogP contribution in [0.1, 0.15) is 47.1 Å². The summed E-state index contributed by atoms with van der Waals surface area (Å²) in [7, 11) is 0. The lowest BCUT2D eigenvalue weighted by molar-refractivity contribution is 0.458. The van der Waals surface area contributed by atoms with Crippen molar-refractivity contribution in [3.8, 4) is 0 Å². The predicted octanol–water partition coefficient (Wildman–Crippen LogP) is 5.52. The Hall–Kier alpha value is -1.84. The van der Waals surface area contributed by atoms with E-state index >= 15 is 0 Å². The third kappa shape index (κ3) is 4.12. The number of hydrogen-bond acceptors (Lipinski definition) is 3. The van der Waals surface area contributed by atoms with Gasteiger partial charge in [0.15, 0.2) is 0 Å². The van der Waals surface area contributed by atoms with Gasteiger partial charge in [0.1, 0.15) is 5.76 Å². The molecule has 120 valence electrons. The number of furan rings is 1. The van der Waals surface area contributed by atoms with E-state index in [1.54, 1.807) is 17.6 Å². The van der Waals surface area contributed by atoms with Gasteiger partial charge in [-0.2, -0.15) is 0 Å². The first kappa shape index (κ1) is 16.0. The van der Waals surface area contributed by atoms with E-state index in [1.165, 1.54) is 16.0 Å². The van der Waals surface area contributed by atoms with Crippen molar-refractivity contribution >= 4 is 11.3 Å².